The Morgan fingerprint density at radius 2 is 1.72 bits per heavy atom. The molecular formula is C25H24Cl2N2O3. The highest BCUT2D eigenvalue weighted by Gasteiger charge is 2.28. The third-order valence-corrected chi connectivity index (χ3v) is 6.04. The molecule has 2 aliphatic rings. The van der Waals surface area contributed by atoms with E-state index >= 15 is 0 Å². The number of benzene rings is 2. The minimum Gasteiger partial charge on any atom is -0.455 e. The van der Waals surface area contributed by atoms with Gasteiger partial charge in [0.05, 0.1) is 5.69 Å². The monoisotopic (exact) mass is 470 g/mol. The summed E-state index contributed by atoms with van der Waals surface area (Å²) < 4.78 is 5.93. The highest BCUT2D eigenvalue weighted by Crippen LogP contribution is 2.33. The van der Waals surface area contributed by atoms with Gasteiger partial charge in [0, 0.05) is 34.6 Å². The van der Waals surface area contributed by atoms with Crippen molar-refractivity contribution in [1.82, 2.24) is 4.90 Å². The normalized spacial score (nSPS) is 16.4. The topological polar surface area (TPSA) is 58.6 Å². The van der Waals surface area contributed by atoms with Crippen molar-refractivity contribution in [3.63, 3.8) is 0 Å². The first-order valence-electron chi connectivity index (χ1n) is 10.7. The minimum absolute atomic E-state index is 0.0544. The summed E-state index contributed by atoms with van der Waals surface area (Å²) in [6.45, 7) is 1.14. The largest absolute Gasteiger partial charge is 0.455 e. The van der Waals surface area contributed by atoms with Crippen molar-refractivity contribution in [1.29, 1.82) is 0 Å². The zero-order valence-corrected chi connectivity index (χ0v) is 19.0. The van der Waals surface area contributed by atoms with Gasteiger partial charge in [0.2, 0.25) is 5.91 Å². The van der Waals surface area contributed by atoms with Crippen molar-refractivity contribution in [2.45, 2.75) is 25.7 Å². The number of carbonyl (C=O) groups excluding carboxylic acids is 2. The number of piperidine rings is 1. The number of rotatable bonds is 5. The van der Waals surface area contributed by atoms with E-state index in [1.54, 1.807) is 30.3 Å². The van der Waals surface area contributed by atoms with Crippen molar-refractivity contribution < 1.29 is 14.3 Å². The zero-order chi connectivity index (χ0) is 22.5. The quantitative estimate of drug-likeness (QED) is 0.562. The van der Waals surface area contributed by atoms with E-state index in [0.717, 1.165) is 18.4 Å². The molecule has 2 aromatic carbocycles. The average Bonchev–Trinajstić information content (AvgIpc) is 2.80. The van der Waals surface area contributed by atoms with E-state index in [9.17, 15) is 9.59 Å². The van der Waals surface area contributed by atoms with Gasteiger partial charge in [-0.3, -0.25) is 9.59 Å². The van der Waals surface area contributed by atoms with Crippen molar-refractivity contribution in [2.75, 3.05) is 18.4 Å². The molecule has 1 heterocycles. The lowest BCUT2D eigenvalue weighted by Gasteiger charge is -2.32. The standard InChI is InChI=1S/C25H24Cl2N2O3/c26-19-14-20(27)16-21(15-19)32-23-9-5-4-8-22(23)28-24(30)17-10-12-29(13-11-17)25(31)18-6-2-1-3-7-18/h2,4-9,14-17H,1,3,10-13H2,(H,28,30). The second-order valence-electron chi connectivity index (χ2n) is 7.90. The van der Waals surface area contributed by atoms with Crippen LogP contribution in [0.15, 0.2) is 66.3 Å². The molecule has 1 aliphatic carbocycles. The number of carbonyl (C=O) groups is 2. The highest BCUT2D eigenvalue weighted by molar-refractivity contribution is 6.34. The molecule has 0 unspecified atom stereocenters. The average molecular weight is 471 g/mol. The summed E-state index contributed by atoms with van der Waals surface area (Å²) in [5.41, 5.74) is 1.33. The van der Waals surface area contributed by atoms with E-state index in [0.29, 0.717) is 53.2 Å². The molecule has 2 amide bonds. The van der Waals surface area contributed by atoms with Crippen LogP contribution in [-0.2, 0) is 9.59 Å². The summed E-state index contributed by atoms with van der Waals surface area (Å²) in [7, 11) is 0. The Bertz CT molecular complexity index is 1050. The Kier molecular flexibility index (Phi) is 7.18. The first kappa shape index (κ1) is 22.4. The van der Waals surface area contributed by atoms with Gasteiger partial charge < -0.3 is 15.0 Å². The third-order valence-electron chi connectivity index (χ3n) is 5.60. The number of ether oxygens (including phenoxy) is 1. The van der Waals surface area contributed by atoms with Crippen LogP contribution in [0.1, 0.15) is 25.7 Å². The lowest BCUT2D eigenvalue weighted by Crippen LogP contribution is -2.42. The predicted octanol–water partition coefficient (Wildman–Crippen LogP) is 6.24. The van der Waals surface area contributed by atoms with Crippen LogP contribution in [0.25, 0.3) is 0 Å². The maximum Gasteiger partial charge on any atom is 0.253 e. The van der Waals surface area contributed by atoms with E-state index < -0.39 is 0 Å². The molecule has 1 saturated heterocycles. The Labute approximate surface area is 197 Å². The molecule has 1 fully saturated rings. The van der Waals surface area contributed by atoms with Gasteiger partial charge in [0.1, 0.15) is 5.75 Å². The molecule has 4 rings (SSSR count). The van der Waals surface area contributed by atoms with Gasteiger partial charge in [0.25, 0.3) is 5.91 Å². The van der Waals surface area contributed by atoms with Gasteiger partial charge in [-0.2, -0.15) is 0 Å². The Balaban J connectivity index is 1.37. The number of hydrogen-bond acceptors (Lipinski definition) is 3. The van der Waals surface area contributed by atoms with Gasteiger partial charge in [-0.1, -0.05) is 53.6 Å². The molecule has 166 valence electrons. The number of nitrogens with one attached hydrogen (secondary N) is 1. The summed E-state index contributed by atoms with van der Waals surface area (Å²) in [4.78, 5) is 27.4. The van der Waals surface area contributed by atoms with Gasteiger partial charge in [-0.15, -0.1) is 0 Å². The lowest BCUT2D eigenvalue weighted by atomic mass is 9.94. The molecule has 0 saturated carbocycles. The molecule has 0 radical (unpaired) electrons. The number of likely N-dealkylation sites (tertiary alicyclic amines) is 1. The van der Waals surface area contributed by atoms with Gasteiger partial charge >= 0.3 is 0 Å². The van der Waals surface area contributed by atoms with Gasteiger partial charge in [-0.25, -0.2) is 0 Å². The summed E-state index contributed by atoms with van der Waals surface area (Å²) >= 11 is 12.1. The molecule has 32 heavy (non-hydrogen) atoms. The molecular weight excluding hydrogens is 447 g/mol. The van der Waals surface area contributed by atoms with Crippen LogP contribution in [0.2, 0.25) is 10.0 Å². The number of anilines is 1. The van der Waals surface area contributed by atoms with E-state index in [1.807, 2.05) is 35.3 Å². The molecule has 0 atom stereocenters. The van der Waals surface area contributed by atoms with Crippen LogP contribution in [0, 0.1) is 5.92 Å². The summed E-state index contributed by atoms with van der Waals surface area (Å²) in [5.74, 6) is 0.807. The lowest BCUT2D eigenvalue weighted by molar-refractivity contribution is -0.130. The second-order valence-corrected chi connectivity index (χ2v) is 8.77. The predicted molar refractivity (Wildman–Crippen MR) is 127 cm³/mol. The zero-order valence-electron chi connectivity index (χ0n) is 17.5. The molecule has 0 aromatic heterocycles. The van der Waals surface area contributed by atoms with Crippen LogP contribution in [0.5, 0.6) is 11.5 Å². The Morgan fingerprint density at radius 1 is 1.00 bits per heavy atom. The fourth-order valence-electron chi connectivity index (χ4n) is 3.91. The molecule has 5 nitrogen and oxygen atoms in total. The summed E-state index contributed by atoms with van der Waals surface area (Å²) in [5, 5.41) is 3.92. The number of allylic oxidation sites excluding steroid dienone is 2. The van der Waals surface area contributed by atoms with E-state index in [4.69, 9.17) is 27.9 Å². The van der Waals surface area contributed by atoms with Crippen LogP contribution in [0.4, 0.5) is 5.69 Å². The van der Waals surface area contributed by atoms with Crippen molar-refractivity contribution in [3.8, 4) is 11.5 Å². The Hall–Kier alpha value is -2.76. The Morgan fingerprint density at radius 3 is 2.41 bits per heavy atom. The number of halogens is 2. The van der Waals surface area contributed by atoms with Gasteiger partial charge in [0.15, 0.2) is 5.75 Å². The summed E-state index contributed by atoms with van der Waals surface area (Å²) in [6, 6.07) is 12.2. The fourth-order valence-corrected chi connectivity index (χ4v) is 4.41. The SMILES string of the molecule is O=C(Nc1ccccc1Oc1cc(Cl)cc(Cl)c1)C1CCN(C(=O)C2=CCCC=C2)CC1. The second kappa shape index (κ2) is 10.2. The highest BCUT2D eigenvalue weighted by atomic mass is 35.5. The van der Waals surface area contributed by atoms with Crippen LogP contribution >= 0.6 is 23.2 Å². The van der Waals surface area contributed by atoms with Crippen molar-refractivity contribution >= 4 is 40.7 Å². The number of amides is 2. The molecule has 2 aromatic rings. The fraction of sp³-hybridized carbons (Fsp3) is 0.280. The van der Waals surface area contributed by atoms with Crippen LogP contribution in [0.3, 0.4) is 0 Å². The number of nitrogens with zero attached hydrogens (tertiary/aromatic N) is 1. The van der Waals surface area contributed by atoms with Crippen molar-refractivity contribution in [2.24, 2.45) is 5.92 Å². The molecule has 1 N–H and O–H groups in total. The number of hydrogen-bond donors (Lipinski definition) is 1. The van der Waals surface area contributed by atoms with E-state index in [1.165, 1.54) is 0 Å². The molecule has 0 bridgehead atoms. The van der Waals surface area contributed by atoms with E-state index in [-0.39, 0.29) is 17.7 Å². The third kappa shape index (κ3) is 5.53. The maximum absolute atomic E-state index is 12.9. The summed E-state index contributed by atoms with van der Waals surface area (Å²) in [6.07, 6.45) is 9.06. The minimum atomic E-state index is -0.163. The molecule has 1 aliphatic heterocycles. The van der Waals surface area contributed by atoms with Crippen LogP contribution in [-0.4, -0.2) is 29.8 Å². The number of para-hydroxylation sites is 2. The first-order chi connectivity index (χ1) is 15.5. The van der Waals surface area contributed by atoms with Crippen molar-refractivity contribution in [3.05, 3.63) is 76.3 Å². The van der Waals surface area contributed by atoms with Gasteiger partial charge in [-0.05, 0) is 56.0 Å². The van der Waals surface area contributed by atoms with E-state index in [2.05, 4.69) is 5.32 Å². The maximum atomic E-state index is 12.9. The first-order valence-corrected chi connectivity index (χ1v) is 11.4. The van der Waals surface area contributed by atoms with Crippen LogP contribution < -0.4 is 10.1 Å². The smallest absolute Gasteiger partial charge is 0.253 e. The molecule has 0 spiro atoms. The molecule has 7 heteroatoms.